The van der Waals surface area contributed by atoms with Crippen LogP contribution in [0.1, 0.15) is 42.4 Å². The van der Waals surface area contributed by atoms with Gasteiger partial charge in [0, 0.05) is 24.2 Å². The van der Waals surface area contributed by atoms with Crippen LogP contribution >= 0.6 is 0 Å². The Morgan fingerprint density at radius 1 is 1.21 bits per heavy atom. The predicted octanol–water partition coefficient (Wildman–Crippen LogP) is 0.908. The average Bonchev–Trinajstić information content (AvgIpc) is 2.77. The molecular weight excluding hydrogens is 444 g/mol. The van der Waals surface area contributed by atoms with E-state index in [2.05, 4.69) is 10.3 Å². The molecule has 2 amide bonds. The standard InChI is InChI=1S/C24H25F2N5O3/c1-12-3-5-14(6-4-12)22(27)34-24(28)29-19-11-31(13(19)2)15-9-17(25)21(18(26)10-15)16-7-8-20(32)30-23(16)33/h3-6,9-10,13,16,19,27H,7-8,11H2,1-2H3,(H2,28,29)(H,30,32,33)/p+1/t13-,16?,19+/m1/s1. The van der Waals surface area contributed by atoms with E-state index in [0.717, 1.165) is 5.56 Å². The summed E-state index contributed by atoms with van der Waals surface area (Å²) in [5.41, 5.74) is 7.66. The van der Waals surface area contributed by atoms with Crippen LogP contribution in [0.15, 0.2) is 41.4 Å². The fourth-order valence-corrected chi connectivity index (χ4v) is 4.20. The van der Waals surface area contributed by atoms with Crippen molar-refractivity contribution in [3.8, 4) is 0 Å². The van der Waals surface area contributed by atoms with Crippen LogP contribution in [0.5, 0.6) is 0 Å². The number of aryl methyl sites for hydroxylation is 1. The number of halogens is 2. The first kappa shape index (κ1) is 23.3. The summed E-state index contributed by atoms with van der Waals surface area (Å²) in [6.45, 7) is 4.18. The normalized spacial score (nSPS) is 22.8. The number of amides is 2. The zero-order valence-electron chi connectivity index (χ0n) is 18.8. The van der Waals surface area contributed by atoms with Gasteiger partial charge in [0.15, 0.2) is 0 Å². The van der Waals surface area contributed by atoms with Crippen LogP contribution < -0.4 is 21.4 Å². The van der Waals surface area contributed by atoms with Crippen molar-refractivity contribution in [3.63, 3.8) is 0 Å². The number of ether oxygens (including phenoxy) is 1. The number of amidine groups is 1. The lowest BCUT2D eigenvalue weighted by Gasteiger charge is -2.46. The number of hydrogen-bond donors (Lipinski definition) is 3. The van der Waals surface area contributed by atoms with E-state index in [1.54, 1.807) is 4.90 Å². The number of rotatable bonds is 4. The highest BCUT2D eigenvalue weighted by Crippen LogP contribution is 2.35. The molecule has 178 valence electrons. The first-order valence-electron chi connectivity index (χ1n) is 10.9. The number of carbonyl (C=O) groups is 2. The Balaban J connectivity index is 1.42. The van der Waals surface area contributed by atoms with Crippen molar-refractivity contribution in [2.24, 2.45) is 10.7 Å². The van der Waals surface area contributed by atoms with Crippen LogP contribution in [-0.4, -0.2) is 42.4 Å². The minimum Gasteiger partial charge on any atom is -0.371 e. The highest BCUT2D eigenvalue weighted by Gasteiger charge is 2.38. The van der Waals surface area contributed by atoms with E-state index in [9.17, 15) is 18.4 Å². The molecule has 4 rings (SSSR count). The molecule has 34 heavy (non-hydrogen) atoms. The van der Waals surface area contributed by atoms with Crippen molar-refractivity contribution < 1.29 is 28.5 Å². The van der Waals surface area contributed by atoms with Crippen LogP contribution in [0.4, 0.5) is 14.5 Å². The number of imide groups is 1. The number of hydrogen-bond acceptors (Lipinski definition) is 5. The molecule has 0 radical (unpaired) electrons. The third kappa shape index (κ3) is 4.61. The van der Waals surface area contributed by atoms with E-state index in [0.29, 0.717) is 17.8 Å². The fraction of sp³-hybridized carbons (Fsp3) is 0.333. The van der Waals surface area contributed by atoms with Gasteiger partial charge < -0.3 is 15.4 Å². The smallest absolute Gasteiger partial charge is 0.371 e. The lowest BCUT2D eigenvalue weighted by Crippen LogP contribution is -2.58. The topological polar surface area (TPSA) is 123 Å². The molecule has 1 unspecified atom stereocenters. The van der Waals surface area contributed by atoms with Gasteiger partial charge >= 0.3 is 5.90 Å². The lowest BCUT2D eigenvalue weighted by atomic mass is 9.89. The summed E-state index contributed by atoms with van der Waals surface area (Å²) in [6.07, 6.45) is 0.103. The highest BCUT2D eigenvalue weighted by molar-refractivity contribution is 6.01. The van der Waals surface area contributed by atoms with Crippen LogP contribution in [0.2, 0.25) is 0 Å². The largest absolute Gasteiger partial charge is 0.374 e. The quantitative estimate of drug-likeness (QED) is 0.348. The maximum Gasteiger partial charge on any atom is 0.374 e. The minimum atomic E-state index is -1.04. The van der Waals surface area contributed by atoms with E-state index < -0.39 is 29.4 Å². The van der Waals surface area contributed by atoms with Crippen molar-refractivity contribution >= 4 is 29.4 Å². The molecule has 5 N–H and O–H groups in total. The molecule has 0 aliphatic carbocycles. The fourth-order valence-electron chi connectivity index (χ4n) is 4.20. The number of anilines is 1. The predicted molar refractivity (Wildman–Crippen MR) is 122 cm³/mol. The first-order valence-corrected chi connectivity index (χ1v) is 10.9. The Kier molecular flexibility index (Phi) is 6.32. The molecule has 0 aromatic heterocycles. The zero-order valence-corrected chi connectivity index (χ0v) is 18.8. The molecule has 2 aliphatic rings. The van der Waals surface area contributed by atoms with Crippen LogP contribution in [-0.2, 0) is 14.3 Å². The van der Waals surface area contributed by atoms with Crippen molar-refractivity contribution in [1.82, 2.24) is 5.32 Å². The SMILES string of the molecule is Cc1ccc(C(=[NH2+])OC(N)=N[C@H]2CN(c3cc(F)c(C4CCC(=O)NC4=O)c(F)c3)[C@@H]2C)cc1. The first-order chi connectivity index (χ1) is 16.1. The second-order valence-electron chi connectivity index (χ2n) is 8.59. The number of nitrogens with zero attached hydrogens (tertiary/aromatic N) is 2. The van der Waals surface area contributed by atoms with Gasteiger partial charge in [-0.1, -0.05) is 17.7 Å². The molecule has 0 saturated carbocycles. The van der Waals surface area contributed by atoms with Crippen LogP contribution in [0.3, 0.4) is 0 Å². The van der Waals surface area contributed by atoms with Gasteiger partial charge in [0.2, 0.25) is 11.8 Å². The Hall–Kier alpha value is -3.82. The minimum absolute atomic E-state index is 0.0369. The summed E-state index contributed by atoms with van der Waals surface area (Å²) in [5.74, 6) is -3.70. The van der Waals surface area contributed by atoms with Gasteiger partial charge in [0.25, 0.3) is 6.02 Å². The Morgan fingerprint density at radius 2 is 1.85 bits per heavy atom. The number of nitrogens with two attached hydrogens (primary N) is 2. The third-order valence-corrected chi connectivity index (χ3v) is 6.26. The highest BCUT2D eigenvalue weighted by atomic mass is 19.1. The number of benzene rings is 2. The third-order valence-electron chi connectivity index (χ3n) is 6.26. The van der Waals surface area contributed by atoms with Gasteiger partial charge in [0.1, 0.15) is 11.6 Å². The van der Waals surface area contributed by atoms with Gasteiger partial charge in [-0.3, -0.25) is 14.9 Å². The zero-order chi connectivity index (χ0) is 24.6. The summed E-state index contributed by atoms with van der Waals surface area (Å²) in [7, 11) is 0. The molecule has 2 aromatic carbocycles. The van der Waals surface area contributed by atoms with Crippen molar-refractivity contribution in [2.75, 3.05) is 11.4 Å². The maximum absolute atomic E-state index is 14.8. The van der Waals surface area contributed by atoms with Crippen molar-refractivity contribution in [3.05, 3.63) is 64.7 Å². The Morgan fingerprint density at radius 3 is 2.44 bits per heavy atom. The molecule has 3 atom stereocenters. The van der Waals surface area contributed by atoms with Crippen molar-refractivity contribution in [1.29, 1.82) is 0 Å². The summed E-state index contributed by atoms with van der Waals surface area (Å²) >= 11 is 0. The van der Waals surface area contributed by atoms with Gasteiger partial charge in [0.05, 0.1) is 23.6 Å². The second-order valence-corrected chi connectivity index (χ2v) is 8.59. The molecule has 8 nitrogen and oxygen atoms in total. The monoisotopic (exact) mass is 470 g/mol. The van der Waals surface area contributed by atoms with Crippen LogP contribution in [0, 0.1) is 18.6 Å². The van der Waals surface area contributed by atoms with Crippen molar-refractivity contribution in [2.45, 2.75) is 44.7 Å². The van der Waals surface area contributed by atoms with E-state index in [4.69, 9.17) is 15.9 Å². The average molecular weight is 471 g/mol. The van der Waals surface area contributed by atoms with Gasteiger partial charge in [-0.2, -0.15) is 0 Å². The number of nitrogens with one attached hydrogen (secondary N) is 1. The number of piperidine rings is 1. The van der Waals surface area contributed by atoms with Gasteiger partial charge in [-0.15, -0.1) is 0 Å². The summed E-state index contributed by atoms with van der Waals surface area (Å²) < 4.78 is 35.1. The van der Waals surface area contributed by atoms with Crippen LogP contribution in [0.25, 0.3) is 0 Å². The summed E-state index contributed by atoms with van der Waals surface area (Å²) in [5, 5.41) is 8.08. The number of carbonyl (C=O) groups excluding carboxylic acids is 2. The summed E-state index contributed by atoms with van der Waals surface area (Å²) in [4.78, 5) is 29.5. The molecule has 2 saturated heterocycles. The molecule has 0 spiro atoms. The summed E-state index contributed by atoms with van der Waals surface area (Å²) in [6, 6.07) is 9.25. The van der Waals surface area contributed by atoms with Gasteiger partial charge in [-0.25, -0.2) is 19.2 Å². The van der Waals surface area contributed by atoms with E-state index in [1.807, 2.05) is 38.1 Å². The number of aliphatic imine (C=N–C) groups is 1. The Labute approximate surface area is 195 Å². The van der Waals surface area contributed by atoms with E-state index in [-0.39, 0.29) is 42.4 Å². The second kappa shape index (κ2) is 9.20. The van der Waals surface area contributed by atoms with E-state index >= 15 is 0 Å². The Bertz CT molecular complexity index is 1160. The van der Waals surface area contributed by atoms with Gasteiger partial charge in [-0.05, 0) is 44.5 Å². The molecule has 2 heterocycles. The maximum atomic E-state index is 14.8. The lowest BCUT2D eigenvalue weighted by molar-refractivity contribution is -0.134. The molecule has 0 bridgehead atoms. The molecule has 2 aliphatic heterocycles. The molecule has 10 heteroatoms. The molecule has 2 fully saturated rings. The molecule has 2 aromatic rings. The van der Waals surface area contributed by atoms with E-state index in [1.165, 1.54) is 12.1 Å². The molecular formula is C24H26F2N5O3+.